The molecule has 0 aliphatic heterocycles. The van der Waals surface area contributed by atoms with E-state index in [1.165, 1.54) is 44.8 Å². The molecule has 0 radical (unpaired) electrons. The van der Waals surface area contributed by atoms with E-state index in [1.807, 2.05) is 42.5 Å². The van der Waals surface area contributed by atoms with Gasteiger partial charge in [-0.25, -0.2) is 4.79 Å². The van der Waals surface area contributed by atoms with Crippen molar-refractivity contribution in [1.82, 2.24) is 5.32 Å². The van der Waals surface area contributed by atoms with Crippen LogP contribution in [0.15, 0.2) is 73.3 Å². The molecule has 28 heavy (non-hydrogen) atoms. The first-order chi connectivity index (χ1) is 13.7. The number of esters is 1. The van der Waals surface area contributed by atoms with Crippen molar-refractivity contribution in [2.75, 3.05) is 7.11 Å². The number of carbonyl (C=O) groups excluding carboxylic acids is 1. The van der Waals surface area contributed by atoms with Crippen molar-refractivity contribution in [1.29, 1.82) is 0 Å². The van der Waals surface area contributed by atoms with Gasteiger partial charge in [0.05, 0.1) is 7.11 Å². The third-order valence-electron chi connectivity index (χ3n) is 5.91. The van der Waals surface area contributed by atoms with Gasteiger partial charge in [-0.05, 0) is 29.9 Å². The van der Waals surface area contributed by atoms with Crippen molar-refractivity contribution in [2.45, 2.75) is 50.1 Å². The lowest BCUT2D eigenvalue weighted by Crippen LogP contribution is -2.45. The lowest BCUT2D eigenvalue weighted by Gasteiger charge is -2.37. The Morgan fingerprint density at radius 3 is 2.11 bits per heavy atom. The molecule has 3 heteroatoms. The van der Waals surface area contributed by atoms with Crippen LogP contribution >= 0.6 is 0 Å². The van der Waals surface area contributed by atoms with Crippen molar-refractivity contribution in [2.24, 2.45) is 5.92 Å². The molecule has 1 saturated carbocycles. The molecule has 0 heterocycles. The topological polar surface area (TPSA) is 38.3 Å². The van der Waals surface area contributed by atoms with E-state index in [0.29, 0.717) is 5.92 Å². The van der Waals surface area contributed by atoms with Gasteiger partial charge in [0.25, 0.3) is 0 Å². The Bertz CT molecular complexity index is 700. The average molecular weight is 378 g/mol. The predicted octanol–water partition coefficient (Wildman–Crippen LogP) is 5.41. The van der Waals surface area contributed by atoms with E-state index in [4.69, 9.17) is 4.74 Å². The second-order valence-electron chi connectivity index (χ2n) is 7.63. The standard InChI is InChI=1S/C25H31NO2/c1-3-22(19-13-7-4-8-14-19)23(20-15-9-5-10-16-20)26-24(25(27)28-2)21-17-11-6-12-18-21/h3-4,6-8,11-14,17-18,20,22-24,26H,1,5,9-10,15-16H2,2H3/t22-,23+,24-/m0/s1. The summed E-state index contributed by atoms with van der Waals surface area (Å²) in [6.07, 6.45) is 8.17. The third-order valence-corrected chi connectivity index (χ3v) is 5.91. The summed E-state index contributed by atoms with van der Waals surface area (Å²) in [6, 6.07) is 20.0. The maximum absolute atomic E-state index is 12.7. The molecule has 148 valence electrons. The first-order valence-corrected chi connectivity index (χ1v) is 10.3. The maximum Gasteiger partial charge on any atom is 0.327 e. The highest BCUT2D eigenvalue weighted by molar-refractivity contribution is 5.77. The number of hydrogen-bond donors (Lipinski definition) is 1. The maximum atomic E-state index is 12.7. The van der Waals surface area contributed by atoms with Crippen molar-refractivity contribution in [3.63, 3.8) is 0 Å². The minimum atomic E-state index is -0.482. The van der Waals surface area contributed by atoms with Crippen LogP contribution in [-0.2, 0) is 9.53 Å². The second kappa shape index (κ2) is 10.2. The predicted molar refractivity (Wildman–Crippen MR) is 114 cm³/mol. The minimum Gasteiger partial charge on any atom is -0.468 e. The van der Waals surface area contributed by atoms with Gasteiger partial charge in [0.1, 0.15) is 6.04 Å². The minimum absolute atomic E-state index is 0.129. The van der Waals surface area contributed by atoms with Gasteiger partial charge in [0.15, 0.2) is 0 Å². The monoisotopic (exact) mass is 377 g/mol. The van der Waals surface area contributed by atoms with Crippen LogP contribution in [0.4, 0.5) is 0 Å². The van der Waals surface area contributed by atoms with Crippen LogP contribution in [0.2, 0.25) is 0 Å². The van der Waals surface area contributed by atoms with Crippen molar-refractivity contribution < 1.29 is 9.53 Å². The Labute approximate surface area is 168 Å². The van der Waals surface area contributed by atoms with Gasteiger partial charge in [-0.1, -0.05) is 86.0 Å². The van der Waals surface area contributed by atoms with Gasteiger partial charge < -0.3 is 4.74 Å². The van der Waals surface area contributed by atoms with Gasteiger partial charge in [-0.2, -0.15) is 0 Å². The molecule has 3 atom stereocenters. The molecule has 0 aromatic heterocycles. The van der Waals surface area contributed by atoms with E-state index in [9.17, 15) is 4.79 Å². The van der Waals surface area contributed by atoms with Crippen LogP contribution in [-0.4, -0.2) is 19.1 Å². The average Bonchev–Trinajstić information content (AvgIpc) is 2.78. The largest absolute Gasteiger partial charge is 0.468 e. The summed E-state index contributed by atoms with van der Waals surface area (Å²) in [5.41, 5.74) is 2.17. The third kappa shape index (κ3) is 4.90. The smallest absolute Gasteiger partial charge is 0.327 e. The molecule has 0 spiro atoms. The highest BCUT2D eigenvalue weighted by atomic mass is 16.5. The number of hydrogen-bond acceptors (Lipinski definition) is 3. The van der Waals surface area contributed by atoms with E-state index in [1.54, 1.807) is 0 Å². The summed E-state index contributed by atoms with van der Waals surface area (Å²) in [5, 5.41) is 3.69. The molecule has 1 aliphatic carbocycles. The molecular weight excluding hydrogens is 346 g/mol. The number of carbonyl (C=O) groups is 1. The summed E-state index contributed by atoms with van der Waals surface area (Å²) >= 11 is 0. The molecule has 2 aromatic rings. The Balaban J connectivity index is 1.94. The van der Waals surface area contributed by atoms with Crippen LogP contribution in [0.5, 0.6) is 0 Å². The van der Waals surface area contributed by atoms with E-state index in [0.717, 1.165) is 5.56 Å². The first kappa shape index (κ1) is 20.3. The molecule has 0 amide bonds. The fourth-order valence-electron chi connectivity index (χ4n) is 4.45. The molecule has 1 N–H and O–H groups in total. The van der Waals surface area contributed by atoms with E-state index in [-0.39, 0.29) is 17.9 Å². The number of benzene rings is 2. The van der Waals surface area contributed by atoms with Crippen LogP contribution in [0.1, 0.15) is 55.2 Å². The lowest BCUT2D eigenvalue weighted by molar-refractivity contribution is -0.143. The Morgan fingerprint density at radius 2 is 1.57 bits per heavy atom. The fourth-order valence-corrected chi connectivity index (χ4v) is 4.45. The Morgan fingerprint density at radius 1 is 1.00 bits per heavy atom. The number of rotatable bonds is 8. The number of ether oxygens (including phenoxy) is 1. The molecule has 0 bridgehead atoms. The molecule has 0 saturated heterocycles. The molecule has 3 rings (SSSR count). The Kier molecular flexibility index (Phi) is 7.44. The first-order valence-electron chi connectivity index (χ1n) is 10.3. The summed E-state index contributed by atoms with van der Waals surface area (Å²) < 4.78 is 5.15. The van der Waals surface area contributed by atoms with Gasteiger partial charge >= 0.3 is 5.97 Å². The van der Waals surface area contributed by atoms with Crippen LogP contribution < -0.4 is 5.32 Å². The van der Waals surface area contributed by atoms with Crippen molar-refractivity contribution in [3.05, 3.63) is 84.4 Å². The lowest BCUT2D eigenvalue weighted by atomic mass is 9.76. The highest BCUT2D eigenvalue weighted by Crippen LogP contribution is 2.35. The van der Waals surface area contributed by atoms with E-state index < -0.39 is 6.04 Å². The zero-order chi connectivity index (χ0) is 19.8. The molecule has 3 nitrogen and oxygen atoms in total. The van der Waals surface area contributed by atoms with Gasteiger partial charge in [0, 0.05) is 12.0 Å². The molecule has 2 aromatic carbocycles. The Hall–Kier alpha value is -2.39. The summed E-state index contributed by atoms with van der Waals surface area (Å²) in [7, 11) is 1.46. The fraction of sp³-hybridized carbons (Fsp3) is 0.400. The van der Waals surface area contributed by atoms with E-state index >= 15 is 0 Å². The van der Waals surface area contributed by atoms with E-state index in [2.05, 4.69) is 36.2 Å². The van der Waals surface area contributed by atoms with Crippen molar-refractivity contribution >= 4 is 5.97 Å². The normalized spacial score (nSPS) is 18.0. The SMILES string of the molecule is C=C[C@@H](c1ccccc1)[C@H](N[C@H](C(=O)OC)c1ccccc1)C1CCCCC1. The quantitative estimate of drug-likeness (QED) is 0.494. The summed E-state index contributed by atoms with van der Waals surface area (Å²) in [4.78, 5) is 12.7. The molecule has 0 unspecified atom stereocenters. The van der Waals surface area contributed by atoms with Crippen LogP contribution in [0.25, 0.3) is 0 Å². The summed E-state index contributed by atoms with van der Waals surface area (Å²) in [6.45, 7) is 4.14. The zero-order valence-electron chi connectivity index (χ0n) is 16.7. The number of methoxy groups -OCH3 is 1. The van der Waals surface area contributed by atoms with Gasteiger partial charge in [-0.15, -0.1) is 6.58 Å². The van der Waals surface area contributed by atoms with Gasteiger partial charge in [-0.3, -0.25) is 5.32 Å². The summed E-state index contributed by atoms with van der Waals surface area (Å²) in [5.74, 6) is 0.399. The molecular formula is C25H31NO2. The number of nitrogens with one attached hydrogen (secondary N) is 1. The molecule has 1 fully saturated rings. The zero-order valence-corrected chi connectivity index (χ0v) is 16.7. The van der Waals surface area contributed by atoms with Gasteiger partial charge in [0.2, 0.25) is 0 Å². The second-order valence-corrected chi connectivity index (χ2v) is 7.63. The highest BCUT2D eigenvalue weighted by Gasteiger charge is 2.34. The molecule has 1 aliphatic rings. The van der Waals surface area contributed by atoms with Crippen LogP contribution in [0.3, 0.4) is 0 Å². The van der Waals surface area contributed by atoms with Crippen molar-refractivity contribution in [3.8, 4) is 0 Å². The van der Waals surface area contributed by atoms with Crippen LogP contribution in [0, 0.1) is 5.92 Å².